The molecule has 1 heterocycles. The van der Waals surface area contributed by atoms with Crippen LogP contribution in [0.4, 0.5) is 5.69 Å². The molecular weight excluding hydrogens is 341 g/mol. The summed E-state index contributed by atoms with van der Waals surface area (Å²) in [4.78, 5) is 25.9. The molecule has 8 heteroatoms. The molecule has 0 aromatic heterocycles. The Kier molecular flexibility index (Phi) is 6.24. The molecule has 1 atom stereocenters. The SMILES string of the molecule is C[NH+]1CC[NH+]([C@@H](CC(=O)Nc2c(Cl)cccc2Cl)C(=O)[O-])CC1. The molecule has 3 N–H and O–H groups in total. The van der Waals surface area contributed by atoms with Crippen LogP contribution in [0.5, 0.6) is 0 Å². The average Bonchev–Trinajstić information content (AvgIpc) is 2.49. The van der Waals surface area contributed by atoms with Crippen molar-refractivity contribution in [2.45, 2.75) is 12.5 Å². The van der Waals surface area contributed by atoms with Crippen LogP contribution < -0.4 is 20.2 Å². The van der Waals surface area contributed by atoms with Crippen molar-refractivity contribution < 1.29 is 24.5 Å². The third-order valence-corrected chi connectivity index (χ3v) is 4.77. The van der Waals surface area contributed by atoms with Crippen LogP contribution in [0.15, 0.2) is 18.2 Å². The molecule has 1 fully saturated rings. The summed E-state index contributed by atoms with van der Waals surface area (Å²) in [5.74, 6) is -1.65. The first kappa shape index (κ1) is 18.0. The molecule has 6 nitrogen and oxygen atoms in total. The van der Waals surface area contributed by atoms with E-state index in [2.05, 4.69) is 12.4 Å². The van der Waals surface area contributed by atoms with Crippen molar-refractivity contribution >= 4 is 40.8 Å². The molecule has 0 unspecified atom stereocenters. The number of para-hydroxylation sites is 1. The highest BCUT2D eigenvalue weighted by Crippen LogP contribution is 2.29. The summed E-state index contributed by atoms with van der Waals surface area (Å²) >= 11 is 12.0. The van der Waals surface area contributed by atoms with E-state index in [-0.39, 0.29) is 6.42 Å². The number of likely N-dealkylation sites (N-methyl/N-ethyl adjacent to an activating group) is 1. The summed E-state index contributed by atoms with van der Waals surface area (Å²) in [5.41, 5.74) is 0.302. The Hall–Kier alpha value is -1.34. The van der Waals surface area contributed by atoms with Crippen LogP contribution in [0.2, 0.25) is 10.0 Å². The lowest BCUT2D eigenvalue weighted by atomic mass is 10.1. The Morgan fingerprint density at radius 3 is 2.30 bits per heavy atom. The Balaban J connectivity index is 2.02. The highest BCUT2D eigenvalue weighted by Gasteiger charge is 2.31. The minimum atomic E-state index is -1.21. The lowest BCUT2D eigenvalue weighted by Gasteiger charge is -2.33. The van der Waals surface area contributed by atoms with Crippen molar-refractivity contribution in [1.82, 2.24) is 0 Å². The maximum Gasteiger partial charge on any atom is 0.230 e. The van der Waals surface area contributed by atoms with Crippen molar-refractivity contribution in [3.63, 3.8) is 0 Å². The van der Waals surface area contributed by atoms with Crippen LogP contribution in [0.25, 0.3) is 0 Å². The van der Waals surface area contributed by atoms with E-state index < -0.39 is 17.9 Å². The Morgan fingerprint density at radius 2 is 1.78 bits per heavy atom. The van der Waals surface area contributed by atoms with E-state index in [4.69, 9.17) is 23.2 Å². The number of hydrogen-bond acceptors (Lipinski definition) is 3. The number of halogens is 2. The van der Waals surface area contributed by atoms with E-state index in [0.717, 1.165) is 18.0 Å². The quantitative estimate of drug-likeness (QED) is 0.560. The molecule has 126 valence electrons. The van der Waals surface area contributed by atoms with E-state index in [0.29, 0.717) is 28.8 Å². The zero-order chi connectivity index (χ0) is 17.0. The first-order valence-electron chi connectivity index (χ1n) is 7.49. The van der Waals surface area contributed by atoms with Crippen molar-refractivity contribution in [3.8, 4) is 0 Å². The monoisotopic (exact) mass is 360 g/mol. The molecule has 0 spiro atoms. The molecule has 23 heavy (non-hydrogen) atoms. The van der Waals surface area contributed by atoms with Crippen molar-refractivity contribution in [1.29, 1.82) is 0 Å². The number of carboxylic acid groups (broad SMARTS) is 1. The second-order valence-electron chi connectivity index (χ2n) is 5.84. The molecule has 1 aliphatic heterocycles. The predicted molar refractivity (Wildman–Crippen MR) is 85.8 cm³/mol. The highest BCUT2D eigenvalue weighted by molar-refractivity contribution is 6.39. The van der Waals surface area contributed by atoms with E-state index in [9.17, 15) is 14.7 Å². The summed E-state index contributed by atoms with van der Waals surface area (Å²) in [6.07, 6.45) is -0.168. The Labute approximate surface area is 145 Å². The molecule has 0 radical (unpaired) electrons. The lowest BCUT2D eigenvalue weighted by Crippen LogP contribution is -3.29. The second kappa shape index (κ2) is 7.97. The molecule has 1 aromatic rings. The summed E-state index contributed by atoms with van der Waals surface area (Å²) in [7, 11) is 2.07. The molecule has 0 saturated carbocycles. The molecule has 1 amide bonds. The molecule has 0 bridgehead atoms. The smallest absolute Gasteiger partial charge is 0.230 e. The maximum atomic E-state index is 12.2. The summed E-state index contributed by atoms with van der Waals surface area (Å²) in [6, 6.07) is 4.01. The van der Waals surface area contributed by atoms with Gasteiger partial charge in [0.15, 0.2) is 0 Å². The molecule has 1 saturated heterocycles. The van der Waals surface area contributed by atoms with Crippen LogP contribution in [-0.4, -0.2) is 51.1 Å². The number of benzene rings is 1. The van der Waals surface area contributed by atoms with Gasteiger partial charge in [0, 0.05) is 0 Å². The van der Waals surface area contributed by atoms with Gasteiger partial charge >= 0.3 is 0 Å². The van der Waals surface area contributed by atoms with E-state index in [1.54, 1.807) is 18.2 Å². The largest absolute Gasteiger partial charge is 0.544 e. The fourth-order valence-electron chi connectivity index (χ4n) is 2.73. The third kappa shape index (κ3) is 4.81. The molecule has 0 aliphatic carbocycles. The van der Waals surface area contributed by atoms with Crippen molar-refractivity contribution in [2.24, 2.45) is 0 Å². The molecule has 1 aromatic carbocycles. The van der Waals surface area contributed by atoms with Gasteiger partial charge in [0.1, 0.15) is 32.2 Å². The van der Waals surface area contributed by atoms with Crippen molar-refractivity contribution in [2.75, 3.05) is 38.5 Å². The fraction of sp³-hybridized carbons (Fsp3) is 0.467. The summed E-state index contributed by atoms with van der Waals surface area (Å²) in [5, 5.41) is 14.7. The predicted octanol–water partition coefficient (Wildman–Crippen LogP) is -2.15. The number of anilines is 1. The number of quaternary nitrogens is 2. The topological polar surface area (TPSA) is 78.1 Å². The number of rotatable bonds is 5. The van der Waals surface area contributed by atoms with Gasteiger partial charge in [-0.3, -0.25) is 4.79 Å². The van der Waals surface area contributed by atoms with Crippen LogP contribution in [0.3, 0.4) is 0 Å². The van der Waals surface area contributed by atoms with Gasteiger partial charge < -0.3 is 25.0 Å². The van der Waals surface area contributed by atoms with Gasteiger partial charge in [-0.1, -0.05) is 29.3 Å². The maximum absolute atomic E-state index is 12.2. The van der Waals surface area contributed by atoms with Gasteiger partial charge in [-0.2, -0.15) is 0 Å². The van der Waals surface area contributed by atoms with Gasteiger partial charge in [-0.25, -0.2) is 0 Å². The number of piperazine rings is 1. The summed E-state index contributed by atoms with van der Waals surface area (Å²) in [6.45, 7) is 3.14. The van der Waals surface area contributed by atoms with Crippen LogP contribution in [0, 0.1) is 0 Å². The zero-order valence-corrected chi connectivity index (χ0v) is 14.3. The zero-order valence-electron chi connectivity index (χ0n) is 12.8. The number of carboxylic acids is 1. The molecule has 1 aliphatic rings. The van der Waals surface area contributed by atoms with Gasteiger partial charge in [0.2, 0.25) is 5.91 Å². The Morgan fingerprint density at radius 1 is 1.22 bits per heavy atom. The third-order valence-electron chi connectivity index (χ3n) is 4.14. The van der Waals surface area contributed by atoms with Crippen LogP contribution >= 0.6 is 23.2 Å². The van der Waals surface area contributed by atoms with Gasteiger partial charge in [0.05, 0.1) is 35.2 Å². The normalized spacial score (nSPS) is 22.4. The van der Waals surface area contributed by atoms with E-state index in [1.807, 2.05) is 0 Å². The fourth-order valence-corrected chi connectivity index (χ4v) is 3.23. The number of carbonyl (C=O) groups excluding carboxylic acids is 2. The molecule has 2 rings (SSSR count). The first-order valence-corrected chi connectivity index (χ1v) is 8.24. The van der Waals surface area contributed by atoms with Crippen molar-refractivity contribution in [3.05, 3.63) is 28.2 Å². The number of hydrogen-bond donors (Lipinski definition) is 3. The van der Waals surface area contributed by atoms with Gasteiger partial charge in [0.25, 0.3) is 0 Å². The number of nitrogens with one attached hydrogen (secondary N) is 3. The Bertz CT molecular complexity index is 569. The number of carbonyl (C=O) groups is 2. The highest BCUT2D eigenvalue weighted by atomic mass is 35.5. The first-order chi connectivity index (χ1) is 10.9. The number of aliphatic carboxylic acids is 1. The lowest BCUT2D eigenvalue weighted by molar-refractivity contribution is -1.01. The van der Waals surface area contributed by atoms with Crippen LogP contribution in [-0.2, 0) is 9.59 Å². The van der Waals surface area contributed by atoms with Crippen LogP contribution in [0.1, 0.15) is 6.42 Å². The van der Waals surface area contributed by atoms with E-state index >= 15 is 0 Å². The number of amides is 1. The molecular formula is C15H20Cl2N3O3+. The van der Waals surface area contributed by atoms with Gasteiger partial charge in [-0.15, -0.1) is 0 Å². The summed E-state index contributed by atoms with van der Waals surface area (Å²) < 4.78 is 0. The minimum Gasteiger partial charge on any atom is -0.544 e. The second-order valence-corrected chi connectivity index (χ2v) is 6.65. The minimum absolute atomic E-state index is 0.168. The van der Waals surface area contributed by atoms with E-state index in [1.165, 1.54) is 4.90 Å². The average molecular weight is 361 g/mol. The van der Waals surface area contributed by atoms with Gasteiger partial charge in [-0.05, 0) is 12.1 Å². The standard InChI is InChI=1S/C15H19Cl2N3O3/c1-19-5-7-20(8-6-19)12(15(22)23)9-13(21)18-14-10(16)3-2-4-11(14)17/h2-4,12H,5-9H2,1H3,(H,18,21)(H,22,23)/p+1/t12-/m0/s1.